The highest BCUT2D eigenvalue weighted by atomic mass is 35.5. The highest BCUT2D eigenvalue weighted by Gasteiger charge is 2.16. The molecule has 124 valence electrons. The minimum atomic E-state index is -0.298. The van der Waals surface area contributed by atoms with Gasteiger partial charge in [-0.1, -0.05) is 53.5 Å². The van der Waals surface area contributed by atoms with Gasteiger partial charge < -0.3 is 4.57 Å². The fourth-order valence-electron chi connectivity index (χ4n) is 2.90. The first kappa shape index (κ1) is 16.1. The van der Waals surface area contributed by atoms with Crippen molar-refractivity contribution in [2.75, 3.05) is 0 Å². The lowest BCUT2D eigenvalue weighted by Crippen LogP contribution is -2.03. The predicted octanol–water partition coefficient (Wildman–Crippen LogP) is 6.20. The Morgan fingerprint density at radius 1 is 0.880 bits per heavy atom. The van der Waals surface area contributed by atoms with Gasteiger partial charge in [-0.25, -0.2) is 9.37 Å². The monoisotopic (exact) mass is 370 g/mol. The summed E-state index contributed by atoms with van der Waals surface area (Å²) in [7, 11) is 0. The number of halogens is 3. The van der Waals surface area contributed by atoms with E-state index in [1.54, 1.807) is 24.3 Å². The van der Waals surface area contributed by atoms with Crippen molar-refractivity contribution >= 4 is 34.2 Å². The number of rotatable bonds is 3. The first-order chi connectivity index (χ1) is 12.1. The Morgan fingerprint density at radius 2 is 1.64 bits per heavy atom. The third kappa shape index (κ3) is 3.01. The number of aromatic nitrogens is 2. The van der Waals surface area contributed by atoms with Gasteiger partial charge in [0.1, 0.15) is 11.6 Å². The molecule has 0 fully saturated rings. The Balaban J connectivity index is 1.90. The van der Waals surface area contributed by atoms with Crippen LogP contribution < -0.4 is 0 Å². The standard InChI is InChI=1S/C20H13Cl2FN2/c21-15-10-9-13(11-16(15)22)12-25-19-8-4-3-7-18(19)24-20(25)14-5-1-2-6-17(14)23/h1-11H,12H2. The number of hydrogen-bond donors (Lipinski definition) is 0. The summed E-state index contributed by atoms with van der Waals surface area (Å²) in [5, 5.41) is 1.01. The molecule has 0 saturated carbocycles. The van der Waals surface area contributed by atoms with Crippen molar-refractivity contribution in [1.29, 1.82) is 0 Å². The summed E-state index contributed by atoms with van der Waals surface area (Å²) in [6, 6.07) is 19.9. The molecule has 0 aliphatic rings. The average molecular weight is 371 g/mol. The van der Waals surface area contributed by atoms with E-state index in [9.17, 15) is 4.39 Å². The normalized spacial score (nSPS) is 11.2. The first-order valence-corrected chi connectivity index (χ1v) is 8.53. The molecule has 0 N–H and O–H groups in total. The van der Waals surface area contributed by atoms with Gasteiger partial charge in [0.15, 0.2) is 0 Å². The van der Waals surface area contributed by atoms with Gasteiger partial charge in [-0.3, -0.25) is 0 Å². The molecule has 0 bridgehead atoms. The summed E-state index contributed by atoms with van der Waals surface area (Å²) in [5.74, 6) is 0.290. The first-order valence-electron chi connectivity index (χ1n) is 7.77. The summed E-state index contributed by atoms with van der Waals surface area (Å²) in [5.41, 5.74) is 3.20. The lowest BCUT2D eigenvalue weighted by Gasteiger charge is -2.11. The van der Waals surface area contributed by atoms with Crippen LogP contribution in [-0.2, 0) is 6.54 Å². The molecule has 4 aromatic rings. The molecule has 5 heteroatoms. The van der Waals surface area contributed by atoms with E-state index in [0.717, 1.165) is 16.6 Å². The molecule has 0 atom stereocenters. The van der Waals surface area contributed by atoms with Crippen LogP contribution in [0.3, 0.4) is 0 Å². The molecule has 25 heavy (non-hydrogen) atoms. The Hall–Kier alpha value is -2.36. The number of fused-ring (bicyclic) bond motifs is 1. The van der Waals surface area contributed by atoms with Gasteiger partial charge in [0, 0.05) is 6.54 Å². The maximum atomic E-state index is 14.3. The fourth-order valence-corrected chi connectivity index (χ4v) is 3.22. The average Bonchev–Trinajstić information content (AvgIpc) is 2.97. The van der Waals surface area contributed by atoms with Crippen LogP contribution in [0.15, 0.2) is 66.7 Å². The quantitative estimate of drug-likeness (QED) is 0.419. The number of imidazole rings is 1. The number of hydrogen-bond acceptors (Lipinski definition) is 1. The van der Waals surface area contributed by atoms with Gasteiger partial charge in [-0.05, 0) is 42.0 Å². The fraction of sp³-hybridized carbons (Fsp3) is 0.0500. The molecule has 0 radical (unpaired) electrons. The number of benzene rings is 3. The van der Waals surface area contributed by atoms with Gasteiger partial charge in [-0.15, -0.1) is 0 Å². The van der Waals surface area contributed by atoms with Crippen molar-refractivity contribution in [3.05, 3.63) is 88.2 Å². The molecule has 0 unspecified atom stereocenters. The van der Waals surface area contributed by atoms with Crippen molar-refractivity contribution < 1.29 is 4.39 Å². The zero-order valence-corrected chi connectivity index (χ0v) is 14.6. The largest absolute Gasteiger partial charge is 0.319 e. The molecular formula is C20H13Cl2FN2. The summed E-state index contributed by atoms with van der Waals surface area (Å²) in [6.07, 6.45) is 0. The van der Waals surface area contributed by atoms with Crippen molar-refractivity contribution in [2.45, 2.75) is 6.54 Å². The third-order valence-corrected chi connectivity index (χ3v) is 4.83. The molecule has 0 aliphatic carbocycles. The van der Waals surface area contributed by atoms with E-state index in [4.69, 9.17) is 23.2 Å². The third-order valence-electron chi connectivity index (χ3n) is 4.09. The van der Waals surface area contributed by atoms with E-state index in [2.05, 4.69) is 4.98 Å². The Labute approximate surface area is 154 Å². The summed E-state index contributed by atoms with van der Waals surface area (Å²) in [6.45, 7) is 0.515. The van der Waals surface area contributed by atoms with Gasteiger partial charge in [0.25, 0.3) is 0 Å². The van der Waals surface area contributed by atoms with E-state index < -0.39 is 0 Å². The maximum Gasteiger partial charge on any atom is 0.144 e. The van der Waals surface area contributed by atoms with Crippen LogP contribution in [0.1, 0.15) is 5.56 Å². The van der Waals surface area contributed by atoms with Crippen molar-refractivity contribution in [2.24, 2.45) is 0 Å². The van der Waals surface area contributed by atoms with E-state index >= 15 is 0 Å². The van der Waals surface area contributed by atoms with Gasteiger partial charge in [0.05, 0.1) is 26.6 Å². The van der Waals surface area contributed by atoms with E-state index in [-0.39, 0.29) is 5.82 Å². The van der Waals surface area contributed by atoms with E-state index in [1.165, 1.54) is 6.07 Å². The van der Waals surface area contributed by atoms with Crippen LogP contribution in [0.2, 0.25) is 10.0 Å². The van der Waals surface area contributed by atoms with Crippen LogP contribution in [0, 0.1) is 5.82 Å². The second kappa shape index (κ2) is 6.51. The molecule has 3 aromatic carbocycles. The zero-order chi connectivity index (χ0) is 17.4. The van der Waals surface area contributed by atoms with Crippen molar-refractivity contribution in [3.8, 4) is 11.4 Å². The lowest BCUT2D eigenvalue weighted by molar-refractivity contribution is 0.628. The summed E-state index contributed by atoms with van der Waals surface area (Å²) < 4.78 is 16.3. The SMILES string of the molecule is Fc1ccccc1-c1nc2ccccc2n1Cc1ccc(Cl)c(Cl)c1. The molecule has 2 nitrogen and oxygen atoms in total. The Kier molecular flexibility index (Phi) is 4.20. The van der Waals surface area contributed by atoms with Crippen LogP contribution in [-0.4, -0.2) is 9.55 Å². The van der Waals surface area contributed by atoms with E-state index in [1.807, 2.05) is 41.0 Å². The van der Waals surface area contributed by atoms with Crippen molar-refractivity contribution in [3.63, 3.8) is 0 Å². The maximum absolute atomic E-state index is 14.3. The van der Waals surface area contributed by atoms with Crippen LogP contribution in [0.25, 0.3) is 22.4 Å². The highest BCUT2D eigenvalue weighted by Crippen LogP contribution is 2.29. The molecule has 0 aliphatic heterocycles. The highest BCUT2D eigenvalue weighted by molar-refractivity contribution is 6.42. The second-order valence-corrected chi connectivity index (χ2v) is 6.55. The number of para-hydroxylation sites is 2. The van der Waals surface area contributed by atoms with Crippen LogP contribution >= 0.6 is 23.2 Å². The van der Waals surface area contributed by atoms with Crippen LogP contribution in [0.5, 0.6) is 0 Å². The van der Waals surface area contributed by atoms with Crippen molar-refractivity contribution in [1.82, 2.24) is 9.55 Å². The number of nitrogens with zero attached hydrogens (tertiary/aromatic N) is 2. The Bertz CT molecular complexity index is 1070. The van der Waals surface area contributed by atoms with Gasteiger partial charge in [-0.2, -0.15) is 0 Å². The Morgan fingerprint density at radius 3 is 2.44 bits per heavy atom. The zero-order valence-electron chi connectivity index (χ0n) is 13.1. The van der Waals surface area contributed by atoms with E-state index in [0.29, 0.717) is 28.0 Å². The molecular weight excluding hydrogens is 358 g/mol. The van der Waals surface area contributed by atoms with Gasteiger partial charge in [0.2, 0.25) is 0 Å². The molecule has 0 saturated heterocycles. The molecule has 1 aromatic heterocycles. The summed E-state index contributed by atoms with van der Waals surface area (Å²) >= 11 is 12.1. The molecule has 0 spiro atoms. The minimum absolute atomic E-state index is 0.298. The summed E-state index contributed by atoms with van der Waals surface area (Å²) in [4.78, 5) is 4.64. The molecule has 1 heterocycles. The topological polar surface area (TPSA) is 17.8 Å². The smallest absolute Gasteiger partial charge is 0.144 e. The van der Waals surface area contributed by atoms with Gasteiger partial charge >= 0.3 is 0 Å². The minimum Gasteiger partial charge on any atom is -0.319 e. The van der Waals surface area contributed by atoms with Crippen LogP contribution in [0.4, 0.5) is 4.39 Å². The predicted molar refractivity (Wildman–Crippen MR) is 101 cm³/mol. The molecule has 4 rings (SSSR count). The second-order valence-electron chi connectivity index (χ2n) is 5.74. The lowest BCUT2D eigenvalue weighted by atomic mass is 10.2. The molecule has 0 amide bonds.